The fourth-order valence-electron chi connectivity index (χ4n) is 2.88. The maximum absolute atomic E-state index is 12.7. The summed E-state index contributed by atoms with van der Waals surface area (Å²) in [6, 6.07) is 9.73. The first-order chi connectivity index (χ1) is 14.1. The van der Waals surface area contributed by atoms with Gasteiger partial charge in [-0.2, -0.15) is 0 Å². The molecule has 1 heterocycles. The molecule has 11 heteroatoms. The normalized spacial score (nSPS) is 14.3. The van der Waals surface area contributed by atoms with Crippen LogP contribution in [0.5, 0.6) is 5.75 Å². The quantitative estimate of drug-likeness (QED) is 0.434. The first-order valence-electron chi connectivity index (χ1n) is 8.59. The molecule has 0 atom stereocenters. The molecular formula is C19H14F3N3O5. The molecule has 0 bridgehead atoms. The number of halogens is 3. The Balaban J connectivity index is 1.96. The van der Waals surface area contributed by atoms with Gasteiger partial charge >= 0.3 is 6.36 Å². The van der Waals surface area contributed by atoms with Gasteiger partial charge in [0, 0.05) is 24.4 Å². The molecule has 1 aliphatic rings. The number of ether oxygens (including phenoxy) is 1. The monoisotopic (exact) mass is 421 g/mol. The zero-order valence-electron chi connectivity index (χ0n) is 15.4. The fourth-order valence-corrected chi connectivity index (χ4v) is 2.88. The van der Waals surface area contributed by atoms with E-state index in [-0.39, 0.29) is 34.8 Å². The standard InChI is InChI=1S/C19H14F3N3O5/c1-2-24-17(26)15(11-3-7-13(8-4-11)25(28)29)16(18(24)27)23-12-5-9-14(10-6-12)30-19(20,21)22/h3-10,23H,2H2,1H3. The average molecular weight is 421 g/mol. The van der Waals surface area contributed by atoms with E-state index in [0.29, 0.717) is 0 Å². The highest BCUT2D eigenvalue weighted by Crippen LogP contribution is 2.32. The molecule has 8 nitrogen and oxygen atoms in total. The van der Waals surface area contributed by atoms with Gasteiger partial charge in [0.1, 0.15) is 11.4 Å². The fraction of sp³-hybridized carbons (Fsp3) is 0.158. The van der Waals surface area contributed by atoms with Gasteiger partial charge in [0.2, 0.25) is 0 Å². The van der Waals surface area contributed by atoms with Gasteiger partial charge in [-0.05, 0) is 48.9 Å². The molecule has 1 aliphatic heterocycles. The summed E-state index contributed by atoms with van der Waals surface area (Å²) in [6.07, 6.45) is -4.84. The van der Waals surface area contributed by atoms with Crippen molar-refractivity contribution in [3.63, 3.8) is 0 Å². The molecule has 0 saturated heterocycles. The van der Waals surface area contributed by atoms with Crippen LogP contribution in [0.1, 0.15) is 12.5 Å². The van der Waals surface area contributed by atoms with E-state index >= 15 is 0 Å². The van der Waals surface area contributed by atoms with Crippen molar-refractivity contribution in [2.24, 2.45) is 0 Å². The van der Waals surface area contributed by atoms with Crippen molar-refractivity contribution >= 4 is 28.8 Å². The van der Waals surface area contributed by atoms with Gasteiger partial charge in [0.15, 0.2) is 0 Å². The molecular weight excluding hydrogens is 407 g/mol. The largest absolute Gasteiger partial charge is 0.573 e. The van der Waals surface area contributed by atoms with Crippen molar-refractivity contribution < 1.29 is 32.4 Å². The van der Waals surface area contributed by atoms with E-state index in [2.05, 4.69) is 10.1 Å². The van der Waals surface area contributed by atoms with Crippen LogP contribution in [-0.4, -0.2) is 34.5 Å². The molecule has 2 aromatic rings. The second kappa shape index (κ2) is 7.85. The van der Waals surface area contributed by atoms with Crippen LogP contribution >= 0.6 is 0 Å². The van der Waals surface area contributed by atoms with E-state index in [1.54, 1.807) is 6.92 Å². The predicted molar refractivity (Wildman–Crippen MR) is 99.2 cm³/mol. The summed E-state index contributed by atoms with van der Waals surface area (Å²) in [4.78, 5) is 36.6. The molecule has 3 rings (SSSR count). The van der Waals surface area contributed by atoms with Crippen molar-refractivity contribution in [3.05, 3.63) is 69.9 Å². The highest BCUT2D eigenvalue weighted by molar-refractivity contribution is 6.36. The number of likely N-dealkylation sites (N-methyl/N-ethyl adjacent to an activating group) is 1. The average Bonchev–Trinajstić information content (AvgIpc) is 2.91. The Bertz CT molecular complexity index is 1030. The van der Waals surface area contributed by atoms with Crippen LogP contribution in [0.15, 0.2) is 54.2 Å². The van der Waals surface area contributed by atoms with Crippen LogP contribution in [0.4, 0.5) is 24.5 Å². The molecule has 0 aromatic heterocycles. The van der Waals surface area contributed by atoms with Crippen LogP contribution < -0.4 is 10.1 Å². The van der Waals surface area contributed by atoms with E-state index < -0.39 is 28.8 Å². The minimum Gasteiger partial charge on any atom is -0.406 e. The molecule has 0 unspecified atom stereocenters. The summed E-state index contributed by atoms with van der Waals surface area (Å²) in [5, 5.41) is 13.6. The lowest BCUT2D eigenvalue weighted by Crippen LogP contribution is -2.32. The smallest absolute Gasteiger partial charge is 0.406 e. The van der Waals surface area contributed by atoms with Crippen molar-refractivity contribution in [3.8, 4) is 5.75 Å². The number of nitrogens with one attached hydrogen (secondary N) is 1. The lowest BCUT2D eigenvalue weighted by molar-refractivity contribution is -0.384. The van der Waals surface area contributed by atoms with Crippen molar-refractivity contribution in [2.45, 2.75) is 13.3 Å². The number of carbonyl (C=O) groups is 2. The lowest BCUT2D eigenvalue weighted by Gasteiger charge is -2.12. The molecule has 30 heavy (non-hydrogen) atoms. The number of nitro groups is 1. The van der Waals surface area contributed by atoms with Crippen molar-refractivity contribution in [2.75, 3.05) is 11.9 Å². The van der Waals surface area contributed by atoms with Gasteiger partial charge in [-0.1, -0.05) is 0 Å². The Labute approximate surface area is 167 Å². The number of hydrogen-bond acceptors (Lipinski definition) is 6. The Morgan fingerprint density at radius 1 is 1.03 bits per heavy atom. The van der Waals surface area contributed by atoms with E-state index in [1.807, 2.05) is 0 Å². The number of nitrogens with zero attached hydrogens (tertiary/aromatic N) is 2. The zero-order valence-corrected chi connectivity index (χ0v) is 15.4. The van der Waals surface area contributed by atoms with E-state index in [9.17, 15) is 32.9 Å². The highest BCUT2D eigenvalue weighted by atomic mass is 19.4. The number of hydrogen-bond donors (Lipinski definition) is 1. The van der Waals surface area contributed by atoms with Crippen molar-refractivity contribution in [1.29, 1.82) is 0 Å². The third-order valence-corrected chi connectivity index (χ3v) is 4.21. The maximum Gasteiger partial charge on any atom is 0.573 e. The number of carbonyl (C=O) groups excluding carboxylic acids is 2. The minimum absolute atomic E-state index is 0.00682. The predicted octanol–water partition coefficient (Wildman–Crippen LogP) is 3.71. The van der Waals surface area contributed by atoms with Gasteiger partial charge < -0.3 is 10.1 Å². The van der Waals surface area contributed by atoms with Crippen LogP contribution in [0.25, 0.3) is 5.57 Å². The number of alkyl halides is 3. The number of non-ortho nitro benzene ring substituents is 1. The van der Waals surface area contributed by atoms with E-state index in [4.69, 9.17) is 0 Å². The number of nitro benzene ring substituents is 1. The van der Waals surface area contributed by atoms with E-state index in [0.717, 1.165) is 17.0 Å². The Kier molecular flexibility index (Phi) is 5.45. The van der Waals surface area contributed by atoms with Gasteiger partial charge in [0.05, 0.1) is 10.5 Å². The topological polar surface area (TPSA) is 102 Å². The van der Waals surface area contributed by atoms with Crippen molar-refractivity contribution in [1.82, 2.24) is 4.90 Å². The van der Waals surface area contributed by atoms with Gasteiger partial charge in [0.25, 0.3) is 17.5 Å². The first kappa shape index (κ1) is 20.8. The zero-order chi connectivity index (χ0) is 22.1. The molecule has 0 aliphatic carbocycles. The maximum atomic E-state index is 12.7. The summed E-state index contributed by atoms with van der Waals surface area (Å²) < 4.78 is 40.7. The molecule has 156 valence electrons. The van der Waals surface area contributed by atoms with Gasteiger partial charge in [-0.25, -0.2) is 0 Å². The van der Waals surface area contributed by atoms with Crippen LogP contribution in [0.3, 0.4) is 0 Å². The summed E-state index contributed by atoms with van der Waals surface area (Å²) in [6.45, 7) is 1.70. The molecule has 1 N–H and O–H groups in total. The summed E-state index contributed by atoms with van der Waals surface area (Å²) in [7, 11) is 0. The van der Waals surface area contributed by atoms with Crippen LogP contribution in [0, 0.1) is 10.1 Å². The molecule has 2 amide bonds. The third-order valence-electron chi connectivity index (χ3n) is 4.21. The highest BCUT2D eigenvalue weighted by Gasteiger charge is 2.38. The molecule has 0 fully saturated rings. The first-order valence-corrected chi connectivity index (χ1v) is 8.59. The third kappa shape index (κ3) is 4.24. The van der Waals surface area contributed by atoms with Crippen LogP contribution in [-0.2, 0) is 9.59 Å². The molecule has 0 saturated carbocycles. The molecule has 2 aromatic carbocycles. The minimum atomic E-state index is -4.84. The molecule has 0 spiro atoms. The number of imide groups is 1. The Morgan fingerprint density at radius 2 is 1.63 bits per heavy atom. The SMILES string of the molecule is CCN1C(=O)C(Nc2ccc(OC(F)(F)F)cc2)=C(c2ccc([N+](=O)[O-])cc2)C1=O. The van der Waals surface area contributed by atoms with E-state index in [1.165, 1.54) is 36.4 Å². The number of anilines is 1. The molecule has 0 radical (unpaired) electrons. The van der Waals surface area contributed by atoms with Gasteiger partial charge in [-0.3, -0.25) is 24.6 Å². The second-order valence-corrected chi connectivity index (χ2v) is 6.11. The Morgan fingerprint density at radius 3 is 2.13 bits per heavy atom. The number of amides is 2. The number of benzene rings is 2. The summed E-state index contributed by atoms with van der Waals surface area (Å²) in [5.41, 5.74) is 0.276. The van der Waals surface area contributed by atoms with Gasteiger partial charge in [-0.15, -0.1) is 13.2 Å². The summed E-state index contributed by atoms with van der Waals surface area (Å²) in [5.74, 6) is -1.65. The summed E-state index contributed by atoms with van der Waals surface area (Å²) >= 11 is 0. The number of rotatable bonds is 6. The van der Waals surface area contributed by atoms with Crippen LogP contribution in [0.2, 0.25) is 0 Å². The second-order valence-electron chi connectivity index (χ2n) is 6.11. The Hall–Kier alpha value is -3.89. The lowest BCUT2D eigenvalue weighted by atomic mass is 10.0.